The van der Waals surface area contributed by atoms with Gasteiger partial charge in [0.1, 0.15) is 5.75 Å². The van der Waals surface area contributed by atoms with Crippen molar-refractivity contribution in [3.8, 4) is 16.9 Å². The smallest absolute Gasteiger partial charge is 0.414 e. The molecule has 0 atom stereocenters. The monoisotopic (exact) mass is 375 g/mol. The number of likely N-dealkylation sites (tertiary alicyclic amines) is 1. The summed E-state index contributed by atoms with van der Waals surface area (Å²) in [5.41, 5.74) is 2.22. The van der Waals surface area contributed by atoms with E-state index in [9.17, 15) is 0 Å². The number of methoxy groups -OCH3 is 1. The van der Waals surface area contributed by atoms with Crippen LogP contribution < -0.4 is 4.74 Å². The number of benzene rings is 1. The molecule has 2 aromatic rings. The predicted octanol–water partition coefficient (Wildman–Crippen LogP) is 2.20. The summed E-state index contributed by atoms with van der Waals surface area (Å²) < 4.78 is 7.46. The van der Waals surface area contributed by atoms with Crippen molar-refractivity contribution in [1.82, 2.24) is 14.7 Å². The van der Waals surface area contributed by atoms with Crippen molar-refractivity contribution in [2.75, 3.05) is 26.7 Å². The highest BCUT2D eigenvalue weighted by Crippen LogP contribution is 2.28. The molecule has 146 valence electrons. The quantitative estimate of drug-likeness (QED) is 0.772. The number of para-hydroxylation sites is 1. The second-order valence-corrected chi connectivity index (χ2v) is 6.20. The van der Waals surface area contributed by atoms with Gasteiger partial charge in [-0.2, -0.15) is 5.10 Å². The topological polar surface area (TPSA) is 105 Å². The molecule has 2 N–H and O–H groups in total. The van der Waals surface area contributed by atoms with E-state index >= 15 is 0 Å². The number of aliphatic carboxylic acids is 2. The lowest BCUT2D eigenvalue weighted by atomic mass is 10.1. The third kappa shape index (κ3) is 6.41. The Hall–Kier alpha value is -2.87. The number of ether oxygens (including phenoxy) is 1. The minimum absolute atomic E-state index is 0.896. The van der Waals surface area contributed by atoms with Crippen LogP contribution in [0.25, 0.3) is 11.1 Å². The Morgan fingerprint density at radius 2 is 1.74 bits per heavy atom. The lowest BCUT2D eigenvalue weighted by molar-refractivity contribution is -0.159. The maximum Gasteiger partial charge on any atom is 0.414 e. The average molecular weight is 375 g/mol. The van der Waals surface area contributed by atoms with Gasteiger partial charge in [-0.25, -0.2) is 9.59 Å². The number of piperidine rings is 1. The number of hydrogen-bond donors (Lipinski definition) is 2. The van der Waals surface area contributed by atoms with Crippen LogP contribution in [-0.4, -0.2) is 63.6 Å². The summed E-state index contributed by atoms with van der Waals surface area (Å²) in [6.45, 7) is 4.52. The van der Waals surface area contributed by atoms with Crippen molar-refractivity contribution in [2.24, 2.45) is 0 Å². The maximum absolute atomic E-state index is 9.10. The van der Waals surface area contributed by atoms with Crippen LogP contribution in [-0.2, 0) is 16.1 Å². The Balaban J connectivity index is 0.000000380. The fraction of sp³-hybridized carbons (Fsp3) is 0.421. The van der Waals surface area contributed by atoms with E-state index in [1.165, 1.54) is 32.4 Å². The molecule has 8 heteroatoms. The number of nitrogens with zero attached hydrogens (tertiary/aromatic N) is 3. The first-order valence-electron chi connectivity index (χ1n) is 8.85. The van der Waals surface area contributed by atoms with Gasteiger partial charge in [0.2, 0.25) is 0 Å². The normalized spacial score (nSPS) is 14.1. The molecule has 3 rings (SSSR count). The van der Waals surface area contributed by atoms with E-state index in [2.05, 4.69) is 22.3 Å². The molecule has 0 saturated carbocycles. The molecule has 8 nitrogen and oxygen atoms in total. The van der Waals surface area contributed by atoms with Crippen molar-refractivity contribution < 1.29 is 24.5 Å². The van der Waals surface area contributed by atoms with E-state index in [4.69, 9.17) is 24.5 Å². The Labute approximate surface area is 158 Å². The molecule has 0 unspecified atom stereocenters. The first-order chi connectivity index (χ1) is 13.0. The van der Waals surface area contributed by atoms with Gasteiger partial charge in [0.05, 0.1) is 19.9 Å². The first-order valence-corrected chi connectivity index (χ1v) is 8.85. The summed E-state index contributed by atoms with van der Waals surface area (Å²) in [6.07, 6.45) is 8.10. The molecule has 2 heterocycles. The standard InChI is InChI=1S/C17H23N3O.C2H2O4/c1-21-17-8-4-3-7-16(17)15-13-18-20(14-15)12-11-19-9-5-2-6-10-19;3-1(4)2(5)6/h3-4,7-8,13-14H,2,5-6,9-12H2,1H3;(H,3,4)(H,5,6). The number of carboxylic acid groups (broad SMARTS) is 2. The molecule has 27 heavy (non-hydrogen) atoms. The predicted molar refractivity (Wildman–Crippen MR) is 99.8 cm³/mol. The van der Waals surface area contributed by atoms with Gasteiger partial charge >= 0.3 is 11.9 Å². The lowest BCUT2D eigenvalue weighted by Crippen LogP contribution is -2.32. The van der Waals surface area contributed by atoms with Crippen LogP contribution in [0.4, 0.5) is 0 Å². The zero-order chi connectivity index (χ0) is 19.6. The van der Waals surface area contributed by atoms with E-state index < -0.39 is 11.9 Å². The summed E-state index contributed by atoms with van der Waals surface area (Å²) in [6, 6.07) is 8.08. The molecule has 1 aliphatic rings. The van der Waals surface area contributed by atoms with Crippen LogP contribution in [0.5, 0.6) is 5.75 Å². The SMILES string of the molecule is COc1ccccc1-c1cnn(CCN2CCCCC2)c1.O=C(O)C(=O)O. The average Bonchev–Trinajstić information content (AvgIpc) is 3.16. The fourth-order valence-electron chi connectivity index (χ4n) is 2.93. The van der Waals surface area contributed by atoms with Crippen molar-refractivity contribution in [3.63, 3.8) is 0 Å². The number of aromatic nitrogens is 2. The van der Waals surface area contributed by atoms with Crippen LogP contribution in [0.1, 0.15) is 19.3 Å². The van der Waals surface area contributed by atoms with Crippen LogP contribution in [0.15, 0.2) is 36.7 Å². The van der Waals surface area contributed by atoms with Crippen molar-refractivity contribution in [1.29, 1.82) is 0 Å². The molecular weight excluding hydrogens is 350 g/mol. The van der Waals surface area contributed by atoms with E-state index in [1.54, 1.807) is 7.11 Å². The summed E-state index contributed by atoms with van der Waals surface area (Å²) >= 11 is 0. The van der Waals surface area contributed by atoms with Crippen molar-refractivity contribution in [3.05, 3.63) is 36.7 Å². The number of hydrogen-bond acceptors (Lipinski definition) is 5. The highest BCUT2D eigenvalue weighted by molar-refractivity contribution is 6.27. The van der Waals surface area contributed by atoms with Gasteiger partial charge in [0.15, 0.2) is 0 Å². The van der Waals surface area contributed by atoms with E-state index in [-0.39, 0.29) is 0 Å². The van der Waals surface area contributed by atoms with Crippen molar-refractivity contribution in [2.45, 2.75) is 25.8 Å². The van der Waals surface area contributed by atoms with Crippen molar-refractivity contribution >= 4 is 11.9 Å². The fourth-order valence-corrected chi connectivity index (χ4v) is 2.93. The van der Waals surface area contributed by atoms with Gasteiger partial charge < -0.3 is 19.8 Å². The highest BCUT2D eigenvalue weighted by Gasteiger charge is 2.11. The maximum atomic E-state index is 9.10. The van der Waals surface area contributed by atoms with Crippen LogP contribution in [0, 0.1) is 0 Å². The molecule has 1 aromatic carbocycles. The molecule has 1 aliphatic heterocycles. The molecule has 0 bridgehead atoms. The molecule has 0 radical (unpaired) electrons. The third-order valence-electron chi connectivity index (χ3n) is 4.33. The minimum atomic E-state index is -1.82. The molecule has 1 aromatic heterocycles. The molecule has 1 fully saturated rings. The minimum Gasteiger partial charge on any atom is -0.496 e. The summed E-state index contributed by atoms with van der Waals surface area (Å²) in [5, 5.41) is 19.3. The Morgan fingerprint density at radius 1 is 1.07 bits per heavy atom. The van der Waals surface area contributed by atoms with Crippen LogP contribution >= 0.6 is 0 Å². The van der Waals surface area contributed by atoms with Gasteiger partial charge in [-0.15, -0.1) is 0 Å². The molecule has 1 saturated heterocycles. The Bertz CT molecular complexity index is 741. The van der Waals surface area contributed by atoms with Crippen LogP contribution in [0.3, 0.4) is 0 Å². The van der Waals surface area contributed by atoms with Gasteiger partial charge in [-0.05, 0) is 32.0 Å². The lowest BCUT2D eigenvalue weighted by Gasteiger charge is -2.26. The van der Waals surface area contributed by atoms with E-state index in [0.717, 1.165) is 30.0 Å². The van der Waals surface area contributed by atoms with E-state index in [0.29, 0.717) is 0 Å². The largest absolute Gasteiger partial charge is 0.496 e. The Kier molecular flexibility index (Phi) is 7.81. The zero-order valence-corrected chi connectivity index (χ0v) is 15.4. The number of rotatable bonds is 5. The number of carbonyl (C=O) groups is 2. The highest BCUT2D eigenvalue weighted by atomic mass is 16.5. The number of carboxylic acids is 2. The van der Waals surface area contributed by atoms with E-state index in [1.807, 2.05) is 29.1 Å². The molecule has 0 aliphatic carbocycles. The molecule has 0 amide bonds. The second kappa shape index (κ2) is 10.3. The third-order valence-corrected chi connectivity index (χ3v) is 4.33. The van der Waals surface area contributed by atoms with Gasteiger partial charge in [0.25, 0.3) is 0 Å². The van der Waals surface area contributed by atoms with Gasteiger partial charge in [-0.1, -0.05) is 24.6 Å². The Morgan fingerprint density at radius 3 is 2.37 bits per heavy atom. The van der Waals surface area contributed by atoms with Crippen LogP contribution in [0.2, 0.25) is 0 Å². The second-order valence-electron chi connectivity index (χ2n) is 6.20. The first kappa shape index (κ1) is 20.4. The summed E-state index contributed by atoms with van der Waals surface area (Å²) in [5.74, 6) is -2.75. The summed E-state index contributed by atoms with van der Waals surface area (Å²) in [7, 11) is 1.71. The van der Waals surface area contributed by atoms with Gasteiger partial charge in [-0.3, -0.25) is 4.68 Å². The molecule has 0 spiro atoms. The molecular formula is C19H25N3O5. The van der Waals surface area contributed by atoms with Gasteiger partial charge in [0, 0.05) is 23.9 Å². The summed E-state index contributed by atoms with van der Waals surface area (Å²) in [4.78, 5) is 20.7. The zero-order valence-electron chi connectivity index (χ0n) is 15.4.